The first kappa shape index (κ1) is 16.1. The monoisotopic (exact) mass is 341 g/mol. The highest BCUT2D eigenvalue weighted by molar-refractivity contribution is 6.09. The zero-order chi connectivity index (χ0) is 18.0. The van der Waals surface area contributed by atoms with E-state index in [1.807, 2.05) is 72.8 Å². The Morgan fingerprint density at radius 1 is 0.808 bits per heavy atom. The number of carbonyl (C=O) groups is 2. The Bertz CT molecular complexity index is 885. The zero-order valence-electron chi connectivity index (χ0n) is 14.1. The third-order valence-electron chi connectivity index (χ3n) is 4.65. The molecule has 4 heteroatoms. The fourth-order valence-corrected chi connectivity index (χ4v) is 3.36. The lowest BCUT2D eigenvalue weighted by molar-refractivity contribution is -0.130. The highest BCUT2D eigenvalue weighted by Crippen LogP contribution is 2.36. The molecule has 1 aliphatic rings. The molecule has 3 aromatic rings. The van der Waals surface area contributed by atoms with Crippen LogP contribution in [0.25, 0.3) is 0 Å². The summed E-state index contributed by atoms with van der Waals surface area (Å²) in [5.41, 5.74) is 1.16. The Labute approximate surface area is 152 Å². The number of carbonyl (C=O) groups excluding carboxylic acids is 2. The van der Waals surface area contributed by atoms with Gasteiger partial charge in [0.15, 0.2) is 5.54 Å². The number of imide groups is 1. The van der Waals surface area contributed by atoms with Crippen molar-refractivity contribution in [1.29, 1.82) is 0 Å². The van der Waals surface area contributed by atoms with E-state index in [2.05, 4.69) is 11.4 Å². The molecule has 1 aliphatic heterocycles. The normalized spacial score (nSPS) is 15.8. The van der Waals surface area contributed by atoms with Crippen LogP contribution in [0.3, 0.4) is 0 Å². The van der Waals surface area contributed by atoms with E-state index in [-0.39, 0.29) is 12.5 Å². The summed E-state index contributed by atoms with van der Waals surface area (Å²) < 4.78 is 0. The van der Waals surface area contributed by atoms with Crippen molar-refractivity contribution >= 4 is 11.9 Å². The van der Waals surface area contributed by atoms with Gasteiger partial charge in [-0.1, -0.05) is 84.9 Å². The van der Waals surface area contributed by atoms with Crippen LogP contribution in [-0.4, -0.2) is 16.8 Å². The minimum atomic E-state index is -1.21. The zero-order valence-corrected chi connectivity index (χ0v) is 14.1. The van der Waals surface area contributed by atoms with Gasteiger partial charge in [0.05, 0.1) is 6.54 Å². The molecule has 1 saturated heterocycles. The van der Waals surface area contributed by atoms with E-state index >= 15 is 0 Å². The molecule has 0 aromatic heterocycles. The summed E-state index contributed by atoms with van der Waals surface area (Å²) in [5, 5.41) is 2.95. The number of amides is 3. The van der Waals surface area contributed by atoms with E-state index in [0.29, 0.717) is 0 Å². The van der Waals surface area contributed by atoms with E-state index in [1.165, 1.54) is 4.90 Å². The molecule has 26 heavy (non-hydrogen) atoms. The van der Waals surface area contributed by atoms with Crippen LogP contribution in [0, 0.1) is 6.07 Å². The Morgan fingerprint density at radius 2 is 1.35 bits per heavy atom. The third-order valence-corrected chi connectivity index (χ3v) is 4.65. The molecule has 0 saturated carbocycles. The molecule has 0 atom stereocenters. The van der Waals surface area contributed by atoms with E-state index in [9.17, 15) is 9.59 Å². The molecule has 4 nitrogen and oxygen atoms in total. The maximum atomic E-state index is 13.5. The molecule has 127 valence electrons. The minimum Gasteiger partial charge on any atom is -0.315 e. The van der Waals surface area contributed by atoms with Crippen molar-refractivity contribution in [2.45, 2.75) is 12.1 Å². The maximum absolute atomic E-state index is 13.5. The van der Waals surface area contributed by atoms with Crippen molar-refractivity contribution in [3.8, 4) is 0 Å². The first-order valence-electron chi connectivity index (χ1n) is 8.42. The van der Waals surface area contributed by atoms with Gasteiger partial charge < -0.3 is 5.32 Å². The average Bonchev–Trinajstić information content (AvgIpc) is 2.96. The summed E-state index contributed by atoms with van der Waals surface area (Å²) in [7, 11) is 0. The van der Waals surface area contributed by atoms with Crippen LogP contribution in [0.5, 0.6) is 0 Å². The van der Waals surface area contributed by atoms with E-state index in [0.717, 1.165) is 16.7 Å². The lowest BCUT2D eigenvalue weighted by Crippen LogP contribution is -2.45. The van der Waals surface area contributed by atoms with Crippen LogP contribution >= 0.6 is 0 Å². The number of hydrogen-bond donors (Lipinski definition) is 1. The molecule has 1 fully saturated rings. The van der Waals surface area contributed by atoms with Crippen molar-refractivity contribution in [3.63, 3.8) is 0 Å². The predicted molar refractivity (Wildman–Crippen MR) is 98.0 cm³/mol. The average molecular weight is 341 g/mol. The van der Waals surface area contributed by atoms with E-state index in [4.69, 9.17) is 0 Å². The number of urea groups is 1. The molecular weight excluding hydrogens is 324 g/mol. The van der Waals surface area contributed by atoms with Crippen LogP contribution in [0.2, 0.25) is 0 Å². The summed E-state index contributed by atoms with van der Waals surface area (Å²) in [6.07, 6.45) is 0. The van der Waals surface area contributed by atoms with Gasteiger partial charge in [0.25, 0.3) is 5.91 Å². The number of hydrogen-bond acceptors (Lipinski definition) is 2. The summed E-state index contributed by atoms with van der Waals surface area (Å²) >= 11 is 0. The lowest BCUT2D eigenvalue weighted by atomic mass is 9.82. The first-order chi connectivity index (χ1) is 12.7. The highest BCUT2D eigenvalue weighted by Gasteiger charge is 2.53. The van der Waals surface area contributed by atoms with Gasteiger partial charge in [-0.05, 0) is 22.8 Å². The Hall–Kier alpha value is -3.40. The minimum absolute atomic E-state index is 0.223. The van der Waals surface area contributed by atoms with Gasteiger partial charge in [-0.2, -0.15) is 0 Å². The lowest BCUT2D eigenvalue weighted by Gasteiger charge is -2.28. The number of nitrogens with one attached hydrogen (secondary N) is 1. The van der Waals surface area contributed by atoms with Crippen molar-refractivity contribution in [1.82, 2.24) is 10.2 Å². The fraction of sp³-hybridized carbons (Fsp3) is 0.0909. The van der Waals surface area contributed by atoms with Crippen LogP contribution in [0.15, 0.2) is 84.9 Å². The van der Waals surface area contributed by atoms with Crippen LogP contribution in [-0.2, 0) is 16.9 Å². The number of benzene rings is 3. The topological polar surface area (TPSA) is 49.4 Å². The van der Waals surface area contributed by atoms with Gasteiger partial charge in [-0.15, -0.1) is 0 Å². The van der Waals surface area contributed by atoms with Crippen molar-refractivity contribution < 1.29 is 9.59 Å². The van der Waals surface area contributed by atoms with Crippen molar-refractivity contribution in [3.05, 3.63) is 108 Å². The third kappa shape index (κ3) is 2.56. The molecule has 3 aromatic carbocycles. The maximum Gasteiger partial charge on any atom is 0.325 e. The van der Waals surface area contributed by atoms with Gasteiger partial charge in [-0.3, -0.25) is 9.69 Å². The molecule has 4 rings (SSSR count). The second kappa shape index (κ2) is 6.48. The largest absolute Gasteiger partial charge is 0.325 e. The van der Waals surface area contributed by atoms with E-state index < -0.39 is 11.6 Å². The molecular formula is C22H17N2O2. The van der Waals surface area contributed by atoms with Crippen molar-refractivity contribution in [2.75, 3.05) is 0 Å². The molecule has 0 aliphatic carbocycles. The smallest absolute Gasteiger partial charge is 0.315 e. The quantitative estimate of drug-likeness (QED) is 0.739. The van der Waals surface area contributed by atoms with Crippen LogP contribution < -0.4 is 5.32 Å². The van der Waals surface area contributed by atoms with E-state index in [1.54, 1.807) is 12.1 Å². The van der Waals surface area contributed by atoms with Gasteiger partial charge in [0.1, 0.15) is 0 Å². The van der Waals surface area contributed by atoms with Crippen molar-refractivity contribution in [2.24, 2.45) is 0 Å². The molecule has 0 spiro atoms. The summed E-state index contributed by atoms with van der Waals surface area (Å²) in [6.45, 7) is 0.223. The van der Waals surface area contributed by atoms with Gasteiger partial charge in [0, 0.05) is 0 Å². The molecule has 1 N–H and O–H groups in total. The molecule has 1 radical (unpaired) electrons. The van der Waals surface area contributed by atoms with Gasteiger partial charge >= 0.3 is 6.03 Å². The predicted octanol–water partition coefficient (Wildman–Crippen LogP) is 3.48. The highest BCUT2D eigenvalue weighted by atomic mass is 16.2. The summed E-state index contributed by atoms with van der Waals surface area (Å²) in [6, 6.07) is 28.5. The van der Waals surface area contributed by atoms with Gasteiger partial charge in [-0.25, -0.2) is 4.79 Å². The Morgan fingerprint density at radius 3 is 1.88 bits per heavy atom. The van der Waals surface area contributed by atoms with Crippen LogP contribution in [0.1, 0.15) is 16.7 Å². The Kier molecular flexibility index (Phi) is 4.01. The number of rotatable bonds is 4. The first-order valence-corrected chi connectivity index (χ1v) is 8.42. The molecule has 3 amide bonds. The molecule has 0 bridgehead atoms. The Balaban J connectivity index is 1.80. The summed E-state index contributed by atoms with van der Waals surface area (Å²) in [5.74, 6) is -0.271. The van der Waals surface area contributed by atoms with Crippen LogP contribution in [0.4, 0.5) is 4.79 Å². The molecule has 0 unspecified atom stereocenters. The number of nitrogens with zero attached hydrogens (tertiary/aromatic N) is 1. The SMILES string of the molecule is O=C1NC(c2ccccc2)(c2ccccc2)C(=O)N1Cc1cc[c]cc1. The summed E-state index contributed by atoms with van der Waals surface area (Å²) in [4.78, 5) is 27.5. The second-order valence-corrected chi connectivity index (χ2v) is 6.21. The molecule has 1 heterocycles. The second-order valence-electron chi connectivity index (χ2n) is 6.21. The fourth-order valence-electron chi connectivity index (χ4n) is 3.36. The standard InChI is InChI=1S/C22H17N2O2/c25-20-22(18-12-6-2-7-13-18,19-14-8-3-9-15-19)23-21(26)24(20)16-17-10-4-1-5-11-17/h2-15H,16H2,(H,23,26). The van der Waals surface area contributed by atoms with Gasteiger partial charge in [0.2, 0.25) is 0 Å².